The number of rotatable bonds is 4. The third-order valence-corrected chi connectivity index (χ3v) is 4.35. The molecule has 0 radical (unpaired) electrons. The van der Waals surface area contributed by atoms with Gasteiger partial charge in [0.1, 0.15) is 0 Å². The van der Waals surface area contributed by atoms with E-state index in [1.165, 1.54) is 5.56 Å². The van der Waals surface area contributed by atoms with Crippen LogP contribution in [0.4, 0.5) is 0 Å². The first-order valence-corrected chi connectivity index (χ1v) is 7.40. The average molecular weight is 273 g/mol. The minimum absolute atomic E-state index is 0.0304. The quantitative estimate of drug-likeness (QED) is 0.910. The summed E-state index contributed by atoms with van der Waals surface area (Å²) in [6.07, 6.45) is 3.55. The summed E-state index contributed by atoms with van der Waals surface area (Å²) < 4.78 is 5.75. The Balaban J connectivity index is 1.73. The minimum atomic E-state index is -0.0304. The Morgan fingerprint density at radius 2 is 2.20 bits per heavy atom. The van der Waals surface area contributed by atoms with Crippen LogP contribution >= 0.6 is 0 Å². The first-order chi connectivity index (χ1) is 9.67. The van der Waals surface area contributed by atoms with E-state index in [0.29, 0.717) is 12.1 Å². The van der Waals surface area contributed by atoms with Crippen LogP contribution in [0, 0.1) is 0 Å². The molecular formula is C16H23N3O. The zero-order valence-electron chi connectivity index (χ0n) is 12.1. The number of hydrogen-bond acceptors (Lipinski definition) is 4. The molecule has 1 saturated heterocycles. The van der Waals surface area contributed by atoms with Crippen LogP contribution in [0.25, 0.3) is 0 Å². The maximum Gasteiger partial charge on any atom is 0.191 e. The topological polar surface area (TPSA) is 50.8 Å². The zero-order chi connectivity index (χ0) is 14.0. The third-order valence-electron chi connectivity index (χ3n) is 4.35. The molecule has 3 rings (SSSR count). The molecule has 0 amide bonds. The Morgan fingerprint density at radius 3 is 2.90 bits per heavy atom. The fourth-order valence-corrected chi connectivity index (χ4v) is 3.19. The van der Waals surface area contributed by atoms with Crippen molar-refractivity contribution in [3.05, 3.63) is 35.9 Å². The first kappa shape index (κ1) is 13.4. The van der Waals surface area contributed by atoms with Gasteiger partial charge >= 0.3 is 0 Å². The molecular weight excluding hydrogens is 250 g/mol. The molecule has 0 aromatic heterocycles. The molecule has 20 heavy (non-hydrogen) atoms. The van der Waals surface area contributed by atoms with Gasteiger partial charge in [0.2, 0.25) is 0 Å². The molecule has 108 valence electrons. The molecule has 0 saturated carbocycles. The van der Waals surface area contributed by atoms with Gasteiger partial charge in [-0.15, -0.1) is 0 Å². The van der Waals surface area contributed by atoms with Gasteiger partial charge in [-0.2, -0.15) is 0 Å². The maximum absolute atomic E-state index is 6.11. The van der Waals surface area contributed by atoms with Crippen LogP contribution < -0.4 is 5.73 Å². The highest BCUT2D eigenvalue weighted by atomic mass is 16.5. The van der Waals surface area contributed by atoms with Crippen molar-refractivity contribution in [3.63, 3.8) is 0 Å². The summed E-state index contributed by atoms with van der Waals surface area (Å²) in [5.41, 5.74) is 7.41. The monoisotopic (exact) mass is 273 g/mol. The molecule has 4 nitrogen and oxygen atoms in total. The number of nitrogens with two attached hydrogens (primary N) is 1. The van der Waals surface area contributed by atoms with E-state index in [9.17, 15) is 0 Å². The molecule has 2 heterocycles. The summed E-state index contributed by atoms with van der Waals surface area (Å²) in [7, 11) is 0. The predicted octanol–water partition coefficient (Wildman–Crippen LogP) is 1.80. The minimum Gasteiger partial charge on any atom is -0.376 e. The van der Waals surface area contributed by atoms with Crippen LogP contribution in [0.15, 0.2) is 35.3 Å². The number of benzene rings is 1. The lowest BCUT2D eigenvalue weighted by atomic mass is 9.91. The van der Waals surface area contributed by atoms with Crippen LogP contribution in [0.1, 0.15) is 25.3 Å². The highest BCUT2D eigenvalue weighted by molar-refractivity contribution is 5.81. The van der Waals surface area contributed by atoms with Crippen LogP contribution in [0.5, 0.6) is 0 Å². The molecule has 2 aliphatic rings. The molecule has 1 aromatic carbocycles. The Hall–Kier alpha value is -1.55. The maximum atomic E-state index is 6.11. The van der Waals surface area contributed by atoms with Crippen molar-refractivity contribution in [2.45, 2.75) is 37.8 Å². The molecule has 1 aromatic rings. The predicted molar refractivity (Wildman–Crippen MR) is 80.7 cm³/mol. The summed E-state index contributed by atoms with van der Waals surface area (Å²) in [6, 6.07) is 10.6. The second-order valence-corrected chi connectivity index (χ2v) is 6.08. The van der Waals surface area contributed by atoms with Crippen LogP contribution in [-0.2, 0) is 11.2 Å². The van der Waals surface area contributed by atoms with Crippen molar-refractivity contribution in [2.24, 2.45) is 10.7 Å². The van der Waals surface area contributed by atoms with Gasteiger partial charge in [0, 0.05) is 13.2 Å². The molecule has 0 bridgehead atoms. The van der Waals surface area contributed by atoms with Crippen molar-refractivity contribution in [1.82, 2.24) is 4.90 Å². The van der Waals surface area contributed by atoms with E-state index in [4.69, 9.17) is 10.5 Å². The highest BCUT2D eigenvalue weighted by Gasteiger charge is 2.39. The van der Waals surface area contributed by atoms with Gasteiger partial charge in [-0.05, 0) is 31.7 Å². The summed E-state index contributed by atoms with van der Waals surface area (Å²) in [6.45, 7) is 4.75. The van der Waals surface area contributed by atoms with Gasteiger partial charge in [0.15, 0.2) is 5.96 Å². The van der Waals surface area contributed by atoms with Crippen molar-refractivity contribution < 1.29 is 4.74 Å². The zero-order valence-corrected chi connectivity index (χ0v) is 12.1. The van der Waals surface area contributed by atoms with Crippen molar-refractivity contribution in [1.29, 1.82) is 0 Å². The lowest BCUT2D eigenvalue weighted by molar-refractivity contribution is 0.0696. The number of ether oxygens (including phenoxy) is 1. The average Bonchev–Trinajstić information content (AvgIpc) is 3.04. The largest absolute Gasteiger partial charge is 0.376 e. The normalized spacial score (nSPS) is 29.8. The molecule has 2 aliphatic heterocycles. The third kappa shape index (κ3) is 2.66. The summed E-state index contributed by atoms with van der Waals surface area (Å²) in [4.78, 5) is 6.72. The van der Waals surface area contributed by atoms with Gasteiger partial charge in [-0.1, -0.05) is 30.3 Å². The molecule has 2 N–H and O–H groups in total. The Kier molecular flexibility index (Phi) is 3.66. The van der Waals surface area contributed by atoms with E-state index in [-0.39, 0.29) is 5.54 Å². The number of aliphatic imine (C=N–C) groups is 1. The molecule has 2 unspecified atom stereocenters. The van der Waals surface area contributed by atoms with Gasteiger partial charge in [-0.25, -0.2) is 0 Å². The number of nitrogens with zero attached hydrogens (tertiary/aromatic N) is 2. The van der Waals surface area contributed by atoms with Gasteiger partial charge in [-0.3, -0.25) is 4.99 Å². The standard InChI is InChI=1S/C16H23N3O/c1-16(10-13-6-3-2-4-7-13)12-18-15(17)19(16)11-14-8-5-9-20-14/h2-4,6-7,14H,5,8-12H2,1H3,(H2,17,18). The number of guanidine groups is 1. The van der Waals surface area contributed by atoms with E-state index < -0.39 is 0 Å². The van der Waals surface area contributed by atoms with Crippen molar-refractivity contribution in [2.75, 3.05) is 19.7 Å². The van der Waals surface area contributed by atoms with Gasteiger partial charge in [0.05, 0.1) is 18.2 Å². The number of hydrogen-bond donors (Lipinski definition) is 1. The fourth-order valence-electron chi connectivity index (χ4n) is 3.19. The Bertz CT molecular complexity index is 482. The molecule has 0 aliphatic carbocycles. The summed E-state index contributed by atoms with van der Waals surface area (Å²) in [5, 5.41) is 0. The van der Waals surface area contributed by atoms with E-state index in [1.54, 1.807) is 0 Å². The van der Waals surface area contributed by atoms with Crippen molar-refractivity contribution >= 4 is 5.96 Å². The smallest absolute Gasteiger partial charge is 0.191 e. The highest BCUT2D eigenvalue weighted by Crippen LogP contribution is 2.28. The second-order valence-electron chi connectivity index (χ2n) is 6.08. The lowest BCUT2D eigenvalue weighted by Gasteiger charge is -2.37. The van der Waals surface area contributed by atoms with Gasteiger partial charge < -0.3 is 15.4 Å². The SMILES string of the molecule is CC1(Cc2ccccc2)CN=C(N)N1CC1CCCO1. The lowest BCUT2D eigenvalue weighted by Crippen LogP contribution is -2.53. The van der Waals surface area contributed by atoms with Crippen LogP contribution in [-0.4, -0.2) is 42.2 Å². The Labute approximate surface area is 120 Å². The van der Waals surface area contributed by atoms with E-state index in [1.807, 2.05) is 0 Å². The van der Waals surface area contributed by atoms with Crippen LogP contribution in [0.2, 0.25) is 0 Å². The van der Waals surface area contributed by atoms with E-state index in [2.05, 4.69) is 47.1 Å². The van der Waals surface area contributed by atoms with Crippen molar-refractivity contribution in [3.8, 4) is 0 Å². The van der Waals surface area contributed by atoms with Gasteiger partial charge in [0.25, 0.3) is 0 Å². The first-order valence-electron chi connectivity index (χ1n) is 7.40. The molecule has 2 atom stereocenters. The molecule has 1 fully saturated rings. The summed E-state index contributed by atoms with van der Waals surface area (Å²) >= 11 is 0. The second kappa shape index (κ2) is 5.44. The molecule has 4 heteroatoms. The summed E-state index contributed by atoms with van der Waals surface area (Å²) in [5.74, 6) is 0.666. The van der Waals surface area contributed by atoms with E-state index >= 15 is 0 Å². The van der Waals surface area contributed by atoms with Crippen LogP contribution in [0.3, 0.4) is 0 Å². The van der Waals surface area contributed by atoms with E-state index in [0.717, 1.165) is 39.0 Å². The molecule has 0 spiro atoms. The Morgan fingerprint density at radius 1 is 1.40 bits per heavy atom. The fraction of sp³-hybridized carbons (Fsp3) is 0.562.